The van der Waals surface area contributed by atoms with Crippen LogP contribution in [-0.2, 0) is 0 Å². The van der Waals surface area contributed by atoms with Gasteiger partial charge >= 0.3 is 0 Å². The van der Waals surface area contributed by atoms with Gasteiger partial charge in [0.25, 0.3) is 0 Å². The molecule has 4 aliphatic heterocycles. The van der Waals surface area contributed by atoms with E-state index in [0.717, 1.165) is 70.4 Å². The Morgan fingerprint density at radius 3 is 2.57 bits per heavy atom. The maximum atomic E-state index is 16.7. The highest BCUT2D eigenvalue weighted by Gasteiger charge is 2.43. The Hall–Kier alpha value is -3.51. The predicted molar refractivity (Wildman–Crippen MR) is 161 cm³/mol. The van der Waals surface area contributed by atoms with Gasteiger partial charge in [-0.25, -0.2) is 13.8 Å². The van der Waals surface area contributed by atoms with Gasteiger partial charge in [0.2, 0.25) is 0 Å². The van der Waals surface area contributed by atoms with E-state index in [4.69, 9.17) is 16.6 Å². The Morgan fingerprint density at radius 2 is 1.81 bits per heavy atom. The molecule has 9 heteroatoms. The topological polar surface area (TPSA) is 64.5 Å². The van der Waals surface area contributed by atoms with Crippen molar-refractivity contribution in [1.82, 2.24) is 20.2 Å². The van der Waals surface area contributed by atoms with Gasteiger partial charge in [-0.1, -0.05) is 23.6 Å². The lowest BCUT2D eigenvalue weighted by Crippen LogP contribution is -2.51. The number of aromatic nitrogens is 2. The molecule has 0 saturated carbocycles. The summed E-state index contributed by atoms with van der Waals surface area (Å²) in [6.45, 7) is 3.77. The van der Waals surface area contributed by atoms with Crippen LogP contribution in [0.15, 0.2) is 36.5 Å². The molecule has 2 atom stereocenters. The largest absolute Gasteiger partial charge is 0.508 e. The number of rotatable bonds is 2. The molecule has 2 aromatic carbocycles. The second kappa shape index (κ2) is 9.77. The van der Waals surface area contributed by atoms with Crippen molar-refractivity contribution in [3.63, 3.8) is 0 Å². The number of nitrogens with one attached hydrogen (secondary N) is 1. The first-order valence-electron chi connectivity index (χ1n) is 14.8. The van der Waals surface area contributed by atoms with Crippen LogP contribution >= 0.6 is 11.6 Å². The fraction of sp³-hybridized carbons (Fsp3) is 0.394. The van der Waals surface area contributed by atoms with E-state index in [0.29, 0.717) is 28.6 Å². The first kappa shape index (κ1) is 26.1. The summed E-state index contributed by atoms with van der Waals surface area (Å²) in [5.41, 5.74) is 1.60. The molecule has 214 valence electrons. The molecule has 4 aliphatic rings. The molecule has 0 radical (unpaired) electrons. The molecule has 8 rings (SSSR count). The minimum atomic E-state index is -0.649. The number of hydrogen-bond acceptors (Lipinski definition) is 6. The van der Waals surface area contributed by atoms with Crippen LogP contribution in [0, 0.1) is 23.5 Å². The standard InChI is InChI=1S/C33H30ClF2N5O/c34-29-26(35)6-3-19-13-23(42)15-24(28(19)29)31-30(36)32-25(16-37-31)27(40-17-21-4-5-22(18-40)38-21)14-20(39-32)7-10-33-8-1-11-41(33)12-2-9-33/h3,6,13-16,21-22,38,42H,1-2,4-5,8-9,11-12,17-18H2. The number of benzene rings is 2. The molecular formula is C33H30ClF2N5O. The summed E-state index contributed by atoms with van der Waals surface area (Å²) < 4.78 is 31.2. The van der Waals surface area contributed by atoms with Crippen molar-refractivity contribution in [2.75, 3.05) is 31.1 Å². The molecule has 42 heavy (non-hydrogen) atoms. The van der Waals surface area contributed by atoms with Crippen LogP contribution in [0.4, 0.5) is 14.5 Å². The van der Waals surface area contributed by atoms with Crippen LogP contribution in [0.2, 0.25) is 5.02 Å². The van der Waals surface area contributed by atoms with Crippen LogP contribution in [0.3, 0.4) is 0 Å². The molecule has 4 fully saturated rings. The van der Waals surface area contributed by atoms with E-state index in [9.17, 15) is 9.50 Å². The van der Waals surface area contributed by atoms with Crippen LogP contribution in [0.1, 0.15) is 44.2 Å². The van der Waals surface area contributed by atoms with Crippen molar-refractivity contribution in [2.45, 2.75) is 56.1 Å². The quantitative estimate of drug-likeness (QED) is 0.281. The number of anilines is 1. The zero-order valence-corrected chi connectivity index (χ0v) is 23.8. The van der Waals surface area contributed by atoms with E-state index in [-0.39, 0.29) is 38.5 Å². The Bertz CT molecular complexity index is 1810. The highest BCUT2D eigenvalue weighted by atomic mass is 35.5. The number of halogens is 3. The van der Waals surface area contributed by atoms with Crippen molar-refractivity contribution < 1.29 is 13.9 Å². The highest BCUT2D eigenvalue weighted by Crippen LogP contribution is 2.41. The summed E-state index contributed by atoms with van der Waals surface area (Å²) in [6.07, 6.45) is 8.24. The molecule has 2 unspecified atom stereocenters. The number of aromatic hydroxyl groups is 1. The molecule has 4 saturated heterocycles. The average molecular weight is 586 g/mol. The monoisotopic (exact) mass is 585 g/mol. The number of fused-ring (bicyclic) bond motifs is 5. The van der Waals surface area contributed by atoms with Gasteiger partial charge in [-0.15, -0.1) is 0 Å². The smallest absolute Gasteiger partial charge is 0.175 e. The maximum Gasteiger partial charge on any atom is 0.175 e. The molecule has 0 spiro atoms. The third-order valence-corrected chi connectivity index (χ3v) is 10.0. The van der Waals surface area contributed by atoms with Crippen molar-refractivity contribution in [2.24, 2.45) is 0 Å². The van der Waals surface area contributed by atoms with Gasteiger partial charge in [-0.2, -0.15) is 0 Å². The van der Waals surface area contributed by atoms with E-state index in [1.807, 2.05) is 6.07 Å². The van der Waals surface area contributed by atoms with E-state index in [1.54, 1.807) is 6.20 Å². The number of pyridine rings is 2. The molecule has 4 aromatic rings. The van der Waals surface area contributed by atoms with Crippen molar-refractivity contribution >= 4 is 39.0 Å². The summed E-state index contributed by atoms with van der Waals surface area (Å²) in [6, 6.07) is 8.35. The zero-order chi connectivity index (χ0) is 28.6. The summed E-state index contributed by atoms with van der Waals surface area (Å²) in [5, 5.41) is 15.4. The Labute approximate surface area is 247 Å². The fourth-order valence-electron chi connectivity index (χ4n) is 7.70. The van der Waals surface area contributed by atoms with Gasteiger partial charge in [-0.3, -0.25) is 9.88 Å². The molecule has 6 nitrogen and oxygen atoms in total. The first-order valence-corrected chi connectivity index (χ1v) is 15.2. The van der Waals surface area contributed by atoms with Gasteiger partial charge in [0.05, 0.1) is 16.2 Å². The van der Waals surface area contributed by atoms with Gasteiger partial charge in [0.1, 0.15) is 28.5 Å². The summed E-state index contributed by atoms with van der Waals surface area (Å²) in [5.74, 6) is 5.55. The Balaban J connectivity index is 1.33. The average Bonchev–Trinajstić information content (AvgIpc) is 3.67. The minimum absolute atomic E-state index is 0.0452. The van der Waals surface area contributed by atoms with Crippen LogP contribution in [0.5, 0.6) is 5.75 Å². The Morgan fingerprint density at radius 1 is 1.05 bits per heavy atom. The number of piperazine rings is 1. The SMILES string of the molecule is Oc1cc(-c2ncc3c(N4CC5CCC(C4)N5)cc(C#CC45CCCN4CCC5)nc3c2F)c2c(Cl)c(F)ccc2c1. The van der Waals surface area contributed by atoms with E-state index in [1.165, 1.54) is 24.3 Å². The van der Waals surface area contributed by atoms with Gasteiger partial charge in [0.15, 0.2) is 5.82 Å². The Kier molecular flexibility index (Phi) is 6.08. The fourth-order valence-corrected chi connectivity index (χ4v) is 7.97. The maximum absolute atomic E-state index is 16.7. The van der Waals surface area contributed by atoms with Gasteiger partial charge in [0, 0.05) is 47.7 Å². The van der Waals surface area contributed by atoms with Crippen molar-refractivity contribution in [3.05, 3.63) is 58.9 Å². The molecule has 6 heterocycles. The molecule has 0 aliphatic carbocycles. The summed E-state index contributed by atoms with van der Waals surface area (Å²) >= 11 is 6.38. The van der Waals surface area contributed by atoms with Crippen LogP contribution in [-0.4, -0.2) is 63.8 Å². The highest BCUT2D eigenvalue weighted by molar-refractivity contribution is 6.37. The van der Waals surface area contributed by atoms with Gasteiger partial charge < -0.3 is 15.3 Å². The predicted octanol–water partition coefficient (Wildman–Crippen LogP) is 6.01. The second-order valence-electron chi connectivity index (χ2n) is 12.2. The van der Waals surface area contributed by atoms with E-state index in [2.05, 4.69) is 31.9 Å². The van der Waals surface area contributed by atoms with Crippen molar-refractivity contribution in [1.29, 1.82) is 0 Å². The van der Waals surface area contributed by atoms with Crippen molar-refractivity contribution in [3.8, 4) is 28.8 Å². The number of phenolic OH excluding ortho intramolecular Hbond substituents is 1. The molecule has 2 aromatic heterocycles. The zero-order valence-electron chi connectivity index (χ0n) is 23.1. The summed E-state index contributed by atoms with van der Waals surface area (Å²) in [7, 11) is 0. The lowest BCUT2D eigenvalue weighted by atomic mass is 9.94. The second-order valence-corrected chi connectivity index (χ2v) is 12.6. The first-order chi connectivity index (χ1) is 20.4. The number of phenols is 1. The molecule has 2 bridgehead atoms. The third-order valence-electron chi connectivity index (χ3n) is 9.65. The normalized spacial score (nSPS) is 23.0. The van der Waals surface area contributed by atoms with E-state index < -0.39 is 11.6 Å². The number of hydrogen-bond donors (Lipinski definition) is 2. The van der Waals surface area contributed by atoms with E-state index >= 15 is 4.39 Å². The minimum Gasteiger partial charge on any atom is -0.508 e. The molecular weight excluding hydrogens is 556 g/mol. The van der Waals surface area contributed by atoms with Crippen LogP contribution in [0.25, 0.3) is 32.9 Å². The van der Waals surface area contributed by atoms with Gasteiger partial charge in [-0.05, 0) is 87.2 Å². The lowest BCUT2D eigenvalue weighted by Gasteiger charge is -2.35. The summed E-state index contributed by atoms with van der Waals surface area (Å²) in [4.78, 5) is 14.1. The lowest BCUT2D eigenvalue weighted by molar-refractivity contribution is 0.261. The van der Waals surface area contributed by atoms with Crippen LogP contribution < -0.4 is 10.2 Å². The molecule has 0 amide bonds. The number of nitrogens with zero attached hydrogens (tertiary/aromatic N) is 4. The molecule has 2 N–H and O–H groups in total. The third kappa shape index (κ3) is 4.13.